The van der Waals surface area contributed by atoms with Gasteiger partial charge in [-0.2, -0.15) is 5.26 Å². The lowest BCUT2D eigenvalue weighted by atomic mass is 10.1. The fourth-order valence-electron chi connectivity index (χ4n) is 1.60. The molecule has 0 spiro atoms. The van der Waals surface area contributed by atoms with Crippen LogP contribution in [-0.2, 0) is 11.3 Å². The van der Waals surface area contributed by atoms with Crippen molar-refractivity contribution in [1.29, 1.82) is 5.26 Å². The zero-order chi connectivity index (χ0) is 13.7. The molecule has 0 aliphatic carbocycles. The maximum Gasteiger partial charge on any atom is 0.341 e. The summed E-state index contributed by atoms with van der Waals surface area (Å²) in [5.41, 5.74) is 0.912. The molecule has 0 N–H and O–H groups in total. The normalized spacial score (nSPS) is 9.68. The second-order valence-electron chi connectivity index (χ2n) is 3.82. The van der Waals surface area contributed by atoms with E-state index < -0.39 is 11.8 Å². The zero-order valence-electron chi connectivity index (χ0n) is 9.97. The van der Waals surface area contributed by atoms with E-state index in [0.717, 1.165) is 0 Å². The quantitative estimate of drug-likeness (QED) is 0.792. The summed E-state index contributed by atoms with van der Waals surface area (Å²) in [5, 5.41) is 8.89. The molecule has 0 heterocycles. The first kappa shape index (κ1) is 12.8. The van der Waals surface area contributed by atoms with Gasteiger partial charge in [-0.15, -0.1) is 0 Å². The Labute approximate surface area is 109 Å². The first-order chi connectivity index (χ1) is 9.22. The summed E-state index contributed by atoms with van der Waals surface area (Å²) in [6.45, 7) is -0.0586. The molecule has 2 aromatic carbocycles. The van der Waals surface area contributed by atoms with Crippen molar-refractivity contribution in [1.82, 2.24) is 0 Å². The fourth-order valence-corrected chi connectivity index (χ4v) is 1.60. The number of nitrogens with zero attached hydrogens (tertiary/aromatic N) is 1. The summed E-state index contributed by atoms with van der Waals surface area (Å²) >= 11 is 0. The van der Waals surface area contributed by atoms with Crippen molar-refractivity contribution >= 4 is 5.97 Å². The number of rotatable bonds is 3. The van der Waals surface area contributed by atoms with E-state index in [2.05, 4.69) is 0 Å². The SMILES string of the molecule is N#Cc1ccccc1COC(=O)c1ccccc1F. The number of carbonyl (C=O) groups excluding carboxylic acids is 1. The van der Waals surface area contributed by atoms with E-state index in [4.69, 9.17) is 10.00 Å². The number of nitriles is 1. The van der Waals surface area contributed by atoms with Gasteiger partial charge < -0.3 is 4.74 Å². The average molecular weight is 255 g/mol. The second kappa shape index (κ2) is 5.78. The molecule has 2 rings (SSSR count). The van der Waals surface area contributed by atoms with Crippen molar-refractivity contribution in [2.75, 3.05) is 0 Å². The monoisotopic (exact) mass is 255 g/mol. The summed E-state index contributed by atoms with van der Waals surface area (Å²) in [5.74, 6) is -1.37. The van der Waals surface area contributed by atoms with Crippen LogP contribution in [0.25, 0.3) is 0 Å². The standard InChI is InChI=1S/C15H10FNO2/c16-14-8-4-3-7-13(14)15(18)19-10-12-6-2-1-5-11(12)9-17/h1-8H,10H2. The van der Waals surface area contributed by atoms with Gasteiger partial charge in [-0.1, -0.05) is 30.3 Å². The molecular formula is C15H10FNO2. The highest BCUT2D eigenvalue weighted by Crippen LogP contribution is 2.12. The van der Waals surface area contributed by atoms with Crippen LogP contribution in [0.2, 0.25) is 0 Å². The van der Waals surface area contributed by atoms with Crippen molar-refractivity contribution in [3.05, 3.63) is 71.0 Å². The number of benzene rings is 2. The fraction of sp³-hybridized carbons (Fsp3) is 0.0667. The Bertz CT molecular complexity index is 647. The van der Waals surface area contributed by atoms with Crippen LogP contribution >= 0.6 is 0 Å². The van der Waals surface area contributed by atoms with Gasteiger partial charge in [-0.05, 0) is 18.2 Å². The minimum atomic E-state index is -0.745. The summed E-state index contributed by atoms with van der Waals surface area (Å²) in [7, 11) is 0. The van der Waals surface area contributed by atoms with E-state index in [-0.39, 0.29) is 12.2 Å². The lowest BCUT2D eigenvalue weighted by Crippen LogP contribution is -2.08. The van der Waals surface area contributed by atoms with Crippen LogP contribution in [0, 0.1) is 17.1 Å². The zero-order valence-corrected chi connectivity index (χ0v) is 9.97. The van der Waals surface area contributed by atoms with E-state index in [1.165, 1.54) is 18.2 Å². The van der Waals surface area contributed by atoms with Crippen molar-refractivity contribution in [3.63, 3.8) is 0 Å². The molecule has 0 aromatic heterocycles. The first-order valence-electron chi connectivity index (χ1n) is 5.62. The molecule has 94 valence electrons. The number of halogens is 1. The van der Waals surface area contributed by atoms with Crippen LogP contribution in [0.5, 0.6) is 0 Å². The molecule has 4 heteroatoms. The highest BCUT2D eigenvalue weighted by Gasteiger charge is 2.13. The molecule has 2 aromatic rings. The predicted octanol–water partition coefficient (Wildman–Crippen LogP) is 3.05. The van der Waals surface area contributed by atoms with Gasteiger partial charge in [-0.25, -0.2) is 9.18 Å². The average Bonchev–Trinajstić information content (AvgIpc) is 2.45. The molecule has 0 saturated carbocycles. The lowest BCUT2D eigenvalue weighted by molar-refractivity contribution is 0.0467. The summed E-state index contributed by atoms with van der Waals surface area (Å²) in [6.07, 6.45) is 0. The van der Waals surface area contributed by atoms with Crippen LogP contribution in [-0.4, -0.2) is 5.97 Å². The largest absolute Gasteiger partial charge is 0.457 e. The molecular weight excluding hydrogens is 245 g/mol. The van der Waals surface area contributed by atoms with Crippen LogP contribution < -0.4 is 0 Å². The van der Waals surface area contributed by atoms with Gasteiger partial charge in [0.05, 0.1) is 17.2 Å². The van der Waals surface area contributed by atoms with E-state index in [1.54, 1.807) is 30.3 Å². The van der Waals surface area contributed by atoms with Gasteiger partial charge in [0.25, 0.3) is 0 Å². The Balaban J connectivity index is 2.10. The molecule has 3 nitrogen and oxygen atoms in total. The predicted molar refractivity (Wildman–Crippen MR) is 66.7 cm³/mol. The minimum Gasteiger partial charge on any atom is -0.457 e. The molecule has 0 aliphatic rings. The van der Waals surface area contributed by atoms with E-state index in [0.29, 0.717) is 11.1 Å². The van der Waals surface area contributed by atoms with Crippen LogP contribution in [0.1, 0.15) is 21.5 Å². The van der Waals surface area contributed by atoms with Gasteiger partial charge >= 0.3 is 5.97 Å². The Morgan fingerprint density at radius 1 is 1.16 bits per heavy atom. The maximum absolute atomic E-state index is 13.4. The number of hydrogen-bond acceptors (Lipinski definition) is 3. The molecule has 19 heavy (non-hydrogen) atoms. The van der Waals surface area contributed by atoms with Gasteiger partial charge in [0.2, 0.25) is 0 Å². The second-order valence-corrected chi connectivity index (χ2v) is 3.82. The smallest absolute Gasteiger partial charge is 0.341 e. The van der Waals surface area contributed by atoms with E-state index >= 15 is 0 Å². The van der Waals surface area contributed by atoms with Crippen LogP contribution in [0.15, 0.2) is 48.5 Å². The summed E-state index contributed by atoms with van der Waals surface area (Å²) in [6, 6.07) is 14.4. The van der Waals surface area contributed by atoms with Crippen LogP contribution in [0.4, 0.5) is 4.39 Å². The summed E-state index contributed by atoms with van der Waals surface area (Å²) in [4.78, 5) is 11.7. The highest BCUT2D eigenvalue weighted by molar-refractivity contribution is 5.89. The lowest BCUT2D eigenvalue weighted by Gasteiger charge is -2.06. The summed E-state index contributed by atoms with van der Waals surface area (Å²) < 4.78 is 18.4. The van der Waals surface area contributed by atoms with Crippen molar-refractivity contribution in [2.24, 2.45) is 0 Å². The minimum absolute atomic E-state index is 0.0586. The third-order valence-corrected chi connectivity index (χ3v) is 2.59. The molecule has 0 amide bonds. The maximum atomic E-state index is 13.4. The third kappa shape index (κ3) is 2.96. The van der Waals surface area contributed by atoms with Gasteiger partial charge in [0.15, 0.2) is 0 Å². The molecule has 0 radical (unpaired) electrons. The number of esters is 1. The molecule has 0 saturated heterocycles. The molecule has 0 fully saturated rings. The van der Waals surface area contributed by atoms with Gasteiger partial charge in [0, 0.05) is 5.56 Å². The number of hydrogen-bond donors (Lipinski definition) is 0. The number of carbonyl (C=O) groups is 1. The van der Waals surface area contributed by atoms with Crippen LogP contribution in [0.3, 0.4) is 0 Å². The van der Waals surface area contributed by atoms with Gasteiger partial charge in [0.1, 0.15) is 12.4 Å². The molecule has 0 atom stereocenters. The Kier molecular flexibility index (Phi) is 3.89. The van der Waals surface area contributed by atoms with Crippen molar-refractivity contribution in [2.45, 2.75) is 6.61 Å². The third-order valence-electron chi connectivity index (χ3n) is 2.59. The highest BCUT2D eigenvalue weighted by atomic mass is 19.1. The molecule has 0 bridgehead atoms. The first-order valence-corrected chi connectivity index (χ1v) is 5.62. The number of ether oxygens (including phenoxy) is 1. The Hall–Kier alpha value is -2.67. The van der Waals surface area contributed by atoms with Gasteiger partial charge in [-0.3, -0.25) is 0 Å². The Morgan fingerprint density at radius 3 is 2.58 bits per heavy atom. The van der Waals surface area contributed by atoms with E-state index in [9.17, 15) is 9.18 Å². The van der Waals surface area contributed by atoms with E-state index in [1.807, 2.05) is 6.07 Å². The van der Waals surface area contributed by atoms with Crippen molar-refractivity contribution in [3.8, 4) is 6.07 Å². The van der Waals surface area contributed by atoms with Crippen molar-refractivity contribution < 1.29 is 13.9 Å². The topological polar surface area (TPSA) is 50.1 Å². The Morgan fingerprint density at radius 2 is 1.84 bits per heavy atom. The molecule has 0 unspecified atom stereocenters. The molecule has 0 aliphatic heterocycles.